The Hall–Kier alpha value is -1.44. The van der Waals surface area contributed by atoms with Gasteiger partial charge in [-0.05, 0) is 43.5 Å². The monoisotopic (exact) mass is 202 g/mol. The predicted octanol–water partition coefficient (Wildman–Crippen LogP) is 2.81. The van der Waals surface area contributed by atoms with Crippen LogP contribution in [0.15, 0.2) is 18.2 Å². The Balaban J connectivity index is 2.19. The van der Waals surface area contributed by atoms with E-state index in [0.717, 1.165) is 23.3 Å². The van der Waals surface area contributed by atoms with Crippen LogP contribution in [0.25, 0.3) is 0 Å². The first kappa shape index (κ1) is 8.84. The summed E-state index contributed by atoms with van der Waals surface area (Å²) in [4.78, 5) is 0. The summed E-state index contributed by atoms with van der Waals surface area (Å²) in [5.41, 5.74) is 3.18. The van der Waals surface area contributed by atoms with E-state index in [0.29, 0.717) is 11.7 Å². The Kier molecular flexibility index (Phi) is 1.64. The van der Waals surface area contributed by atoms with Crippen LogP contribution in [0.4, 0.5) is 0 Å². The van der Waals surface area contributed by atoms with Crippen molar-refractivity contribution < 1.29 is 9.84 Å². The lowest BCUT2D eigenvalue weighted by atomic mass is 9.93. The Morgan fingerprint density at radius 1 is 1.33 bits per heavy atom. The molecule has 1 heterocycles. The number of phenolic OH excluding ortho intramolecular Hbond substituents is 1. The van der Waals surface area contributed by atoms with Crippen molar-refractivity contribution in [2.45, 2.75) is 32.3 Å². The lowest BCUT2D eigenvalue weighted by Gasteiger charge is -2.10. The predicted molar refractivity (Wildman–Crippen MR) is 58.5 cm³/mol. The Morgan fingerprint density at radius 2 is 2.13 bits per heavy atom. The van der Waals surface area contributed by atoms with Gasteiger partial charge in [-0.3, -0.25) is 0 Å². The van der Waals surface area contributed by atoms with E-state index in [-0.39, 0.29) is 6.10 Å². The molecular weight excluding hydrogens is 188 g/mol. The Morgan fingerprint density at radius 3 is 2.93 bits per heavy atom. The van der Waals surface area contributed by atoms with Crippen molar-refractivity contribution in [3.05, 3.63) is 34.9 Å². The zero-order valence-corrected chi connectivity index (χ0v) is 8.95. The average Bonchev–Trinajstić information content (AvgIpc) is 2.76. The minimum atomic E-state index is 0.194. The first-order valence-electron chi connectivity index (χ1n) is 5.35. The van der Waals surface area contributed by atoms with Gasteiger partial charge in [-0.2, -0.15) is 0 Å². The van der Waals surface area contributed by atoms with Crippen LogP contribution in [0.5, 0.6) is 11.5 Å². The van der Waals surface area contributed by atoms with Gasteiger partial charge in [-0.25, -0.2) is 0 Å². The van der Waals surface area contributed by atoms with E-state index in [4.69, 9.17) is 4.74 Å². The van der Waals surface area contributed by atoms with Crippen LogP contribution in [0.1, 0.15) is 29.0 Å². The van der Waals surface area contributed by atoms with Crippen molar-refractivity contribution in [2.75, 3.05) is 0 Å². The largest absolute Gasteiger partial charge is 0.508 e. The van der Waals surface area contributed by atoms with Gasteiger partial charge < -0.3 is 9.84 Å². The molecule has 2 aliphatic rings. The molecule has 0 saturated carbocycles. The quantitative estimate of drug-likeness (QED) is 0.655. The first-order valence-corrected chi connectivity index (χ1v) is 5.35. The van der Waals surface area contributed by atoms with Gasteiger partial charge in [0.15, 0.2) is 0 Å². The number of aromatic hydroxyl groups is 1. The lowest BCUT2D eigenvalue weighted by molar-refractivity contribution is 0.264. The number of hydrogen-bond acceptors (Lipinski definition) is 2. The molecule has 1 aliphatic carbocycles. The summed E-state index contributed by atoms with van der Waals surface area (Å²) < 4.78 is 5.90. The highest BCUT2D eigenvalue weighted by molar-refractivity contribution is 5.56. The smallest absolute Gasteiger partial charge is 0.127 e. The average molecular weight is 202 g/mol. The number of hydrogen-bond donors (Lipinski definition) is 1. The molecule has 0 aromatic heterocycles. The van der Waals surface area contributed by atoms with Crippen molar-refractivity contribution in [1.29, 1.82) is 0 Å². The molecule has 0 amide bonds. The molecular formula is C13H14O2. The Bertz CT molecular complexity index is 460. The van der Waals surface area contributed by atoms with Gasteiger partial charge in [0.05, 0.1) is 0 Å². The van der Waals surface area contributed by atoms with Crippen molar-refractivity contribution in [3.8, 4) is 11.5 Å². The summed E-state index contributed by atoms with van der Waals surface area (Å²) in [7, 11) is 0. The number of phenols is 1. The van der Waals surface area contributed by atoms with Crippen LogP contribution in [0.2, 0.25) is 0 Å². The third-order valence-corrected chi connectivity index (χ3v) is 3.61. The van der Waals surface area contributed by atoms with Crippen LogP contribution in [0.3, 0.4) is 0 Å². The highest BCUT2D eigenvalue weighted by Crippen LogP contribution is 2.48. The van der Waals surface area contributed by atoms with E-state index in [1.807, 2.05) is 19.9 Å². The molecule has 1 aromatic carbocycles. The molecule has 1 aromatic rings. The van der Waals surface area contributed by atoms with Gasteiger partial charge in [-0.1, -0.05) is 6.08 Å². The number of benzene rings is 1. The van der Waals surface area contributed by atoms with Crippen LogP contribution in [0, 0.1) is 13.8 Å². The molecule has 0 radical (unpaired) electrons. The zero-order chi connectivity index (χ0) is 10.6. The molecule has 2 nitrogen and oxygen atoms in total. The second kappa shape index (κ2) is 2.78. The molecule has 2 heteroatoms. The summed E-state index contributed by atoms with van der Waals surface area (Å²) in [5.74, 6) is 1.80. The molecule has 15 heavy (non-hydrogen) atoms. The lowest BCUT2D eigenvalue weighted by Crippen LogP contribution is -2.10. The molecule has 1 N–H and O–H groups in total. The van der Waals surface area contributed by atoms with Gasteiger partial charge in [0.2, 0.25) is 0 Å². The van der Waals surface area contributed by atoms with E-state index in [1.165, 1.54) is 5.56 Å². The van der Waals surface area contributed by atoms with Crippen LogP contribution < -0.4 is 4.74 Å². The van der Waals surface area contributed by atoms with Gasteiger partial charge >= 0.3 is 0 Å². The SMILES string of the molecule is Cc1c(O)cc2c(c1C)O[C@H]1C=CC[C@@H]21. The van der Waals surface area contributed by atoms with Crippen LogP contribution in [-0.2, 0) is 0 Å². The summed E-state index contributed by atoms with van der Waals surface area (Å²) in [6.07, 6.45) is 5.50. The van der Waals surface area contributed by atoms with E-state index in [1.54, 1.807) is 0 Å². The fourth-order valence-corrected chi connectivity index (χ4v) is 2.52. The topological polar surface area (TPSA) is 29.5 Å². The first-order chi connectivity index (χ1) is 7.18. The van der Waals surface area contributed by atoms with Gasteiger partial charge in [0.1, 0.15) is 17.6 Å². The summed E-state index contributed by atoms with van der Waals surface area (Å²) in [6, 6.07) is 1.87. The van der Waals surface area contributed by atoms with Gasteiger partial charge in [-0.15, -0.1) is 0 Å². The molecule has 3 rings (SSSR count). The number of allylic oxidation sites excluding steroid dienone is 1. The summed E-state index contributed by atoms with van der Waals surface area (Å²) in [6.45, 7) is 3.94. The molecule has 78 valence electrons. The maximum atomic E-state index is 9.81. The minimum absolute atomic E-state index is 0.194. The molecule has 0 spiro atoms. The van der Waals surface area contributed by atoms with Crippen molar-refractivity contribution in [3.63, 3.8) is 0 Å². The van der Waals surface area contributed by atoms with Gasteiger partial charge in [0.25, 0.3) is 0 Å². The molecule has 2 atom stereocenters. The Labute approximate surface area is 89.2 Å². The van der Waals surface area contributed by atoms with E-state index < -0.39 is 0 Å². The van der Waals surface area contributed by atoms with E-state index in [2.05, 4.69) is 12.2 Å². The van der Waals surface area contributed by atoms with E-state index >= 15 is 0 Å². The minimum Gasteiger partial charge on any atom is -0.508 e. The molecule has 0 bridgehead atoms. The molecule has 0 fully saturated rings. The standard InChI is InChI=1S/C13H14O2/c1-7-8(2)13-10(6-11(7)14)9-4-3-5-12(9)15-13/h3,5-6,9,12,14H,4H2,1-2H3/t9-,12-/m0/s1. The number of fused-ring (bicyclic) bond motifs is 3. The third kappa shape index (κ3) is 1.05. The second-order valence-corrected chi connectivity index (χ2v) is 4.42. The number of ether oxygens (including phenoxy) is 1. The molecule has 1 aliphatic heterocycles. The van der Waals surface area contributed by atoms with Crippen LogP contribution in [-0.4, -0.2) is 11.2 Å². The fourth-order valence-electron chi connectivity index (χ4n) is 2.52. The second-order valence-electron chi connectivity index (χ2n) is 4.42. The maximum absolute atomic E-state index is 9.81. The zero-order valence-electron chi connectivity index (χ0n) is 8.95. The summed E-state index contributed by atoms with van der Waals surface area (Å²) >= 11 is 0. The highest BCUT2D eigenvalue weighted by Gasteiger charge is 2.36. The van der Waals surface area contributed by atoms with E-state index in [9.17, 15) is 5.11 Å². The molecule has 0 unspecified atom stereocenters. The van der Waals surface area contributed by atoms with Crippen molar-refractivity contribution in [1.82, 2.24) is 0 Å². The fraction of sp³-hybridized carbons (Fsp3) is 0.385. The third-order valence-electron chi connectivity index (χ3n) is 3.61. The van der Waals surface area contributed by atoms with Crippen molar-refractivity contribution >= 4 is 0 Å². The van der Waals surface area contributed by atoms with Crippen LogP contribution >= 0.6 is 0 Å². The normalized spacial score (nSPS) is 26.3. The molecule has 0 saturated heterocycles. The maximum Gasteiger partial charge on any atom is 0.127 e. The van der Waals surface area contributed by atoms with Gasteiger partial charge in [0, 0.05) is 11.5 Å². The highest BCUT2D eigenvalue weighted by atomic mass is 16.5. The summed E-state index contributed by atoms with van der Waals surface area (Å²) in [5, 5.41) is 9.81. The van der Waals surface area contributed by atoms with Crippen molar-refractivity contribution in [2.24, 2.45) is 0 Å². The number of rotatable bonds is 0.